The van der Waals surface area contributed by atoms with E-state index in [1.807, 2.05) is 0 Å². The van der Waals surface area contributed by atoms with E-state index in [0.29, 0.717) is 35.5 Å². The Hall–Kier alpha value is -0.280. The molecule has 0 aliphatic heterocycles. The molecule has 0 saturated heterocycles. The van der Waals surface area contributed by atoms with Crippen LogP contribution in [0.25, 0.3) is 0 Å². The first-order valence-corrected chi connectivity index (χ1v) is 19.7. The van der Waals surface area contributed by atoms with Crippen LogP contribution in [-0.2, 0) is 0 Å². The van der Waals surface area contributed by atoms with Gasteiger partial charge in [0.2, 0.25) is 0 Å². The summed E-state index contributed by atoms with van der Waals surface area (Å²) in [6, 6.07) is 11.0. The topological polar surface area (TPSA) is 84.2 Å². The molecular formula is C34H57NO4P2. The van der Waals surface area contributed by atoms with Crippen LogP contribution < -0.4 is 4.90 Å². The fourth-order valence-electron chi connectivity index (χ4n) is 9.08. The highest BCUT2D eigenvalue weighted by molar-refractivity contribution is 7.39. The SMILES string of the molecule is OC1CCC(C(CCPCN(CPCCC(C2CCC(O)C2)C2CCC(O)C2)c2ccccc2)C2CCC(O)C2)C1. The molecule has 5 nitrogen and oxygen atoms in total. The molecule has 4 N–H and O–H groups in total. The molecule has 5 rings (SSSR count). The fourth-order valence-corrected chi connectivity index (χ4v) is 11.8. The van der Waals surface area contributed by atoms with Crippen molar-refractivity contribution in [2.45, 2.75) is 114 Å². The molecule has 0 spiro atoms. The summed E-state index contributed by atoms with van der Waals surface area (Å²) in [5, 5.41) is 40.9. The van der Waals surface area contributed by atoms with Crippen molar-refractivity contribution in [1.82, 2.24) is 0 Å². The van der Waals surface area contributed by atoms with Crippen molar-refractivity contribution in [1.29, 1.82) is 0 Å². The Morgan fingerprint density at radius 2 is 0.927 bits per heavy atom. The van der Waals surface area contributed by atoms with E-state index in [2.05, 4.69) is 35.2 Å². The van der Waals surface area contributed by atoms with Gasteiger partial charge in [0.25, 0.3) is 0 Å². The largest absolute Gasteiger partial charge is 0.393 e. The average molecular weight is 606 g/mol. The van der Waals surface area contributed by atoms with Crippen LogP contribution in [0.1, 0.15) is 89.9 Å². The van der Waals surface area contributed by atoms with Crippen molar-refractivity contribution >= 4 is 22.8 Å². The molecule has 1 aromatic rings. The molecule has 0 radical (unpaired) electrons. The molecule has 0 heterocycles. The number of para-hydroxylation sites is 1. The second-order valence-corrected chi connectivity index (χ2v) is 16.6. The normalized spacial score (nSPS) is 35.8. The highest BCUT2D eigenvalue weighted by Gasteiger charge is 2.38. The summed E-state index contributed by atoms with van der Waals surface area (Å²) >= 11 is 0. The number of nitrogens with zero attached hydrogens (tertiary/aromatic N) is 1. The van der Waals surface area contributed by atoms with Gasteiger partial charge in [0.1, 0.15) is 0 Å². The number of hydrogen-bond donors (Lipinski definition) is 4. The van der Waals surface area contributed by atoms with Crippen LogP contribution in [0, 0.1) is 35.5 Å². The summed E-state index contributed by atoms with van der Waals surface area (Å²) in [5.41, 5.74) is 1.34. The van der Waals surface area contributed by atoms with Crippen LogP contribution in [0.15, 0.2) is 30.3 Å². The first kappa shape index (κ1) is 32.1. The molecule has 4 saturated carbocycles. The van der Waals surface area contributed by atoms with E-state index in [0.717, 1.165) is 81.1 Å². The Bertz CT molecular complexity index is 801. The van der Waals surface area contributed by atoms with Crippen molar-refractivity contribution in [3.63, 3.8) is 0 Å². The molecule has 1 aromatic carbocycles. The summed E-state index contributed by atoms with van der Waals surface area (Å²) in [4.78, 5) is 2.62. The van der Waals surface area contributed by atoms with Crippen LogP contribution in [0.3, 0.4) is 0 Å². The predicted molar refractivity (Wildman–Crippen MR) is 175 cm³/mol. The fraction of sp³-hybridized carbons (Fsp3) is 0.824. The zero-order valence-electron chi connectivity index (χ0n) is 25.1. The van der Waals surface area contributed by atoms with Crippen LogP contribution in [-0.4, -0.2) is 69.7 Å². The lowest BCUT2D eigenvalue weighted by Gasteiger charge is -2.31. The van der Waals surface area contributed by atoms with Gasteiger partial charge in [0.15, 0.2) is 0 Å². The Morgan fingerprint density at radius 3 is 1.24 bits per heavy atom. The molecule has 41 heavy (non-hydrogen) atoms. The first-order valence-electron chi connectivity index (χ1n) is 16.9. The van der Waals surface area contributed by atoms with E-state index >= 15 is 0 Å². The third-order valence-electron chi connectivity index (χ3n) is 11.2. The summed E-state index contributed by atoms with van der Waals surface area (Å²) in [6.45, 7) is 0. The van der Waals surface area contributed by atoms with Gasteiger partial charge in [-0.3, -0.25) is 0 Å². The Kier molecular flexibility index (Phi) is 12.7. The van der Waals surface area contributed by atoms with Gasteiger partial charge >= 0.3 is 0 Å². The molecule has 232 valence electrons. The molecule has 0 aromatic heterocycles. The summed E-state index contributed by atoms with van der Waals surface area (Å²) in [5.74, 6) is 3.92. The quantitative estimate of drug-likeness (QED) is 0.137. The van der Waals surface area contributed by atoms with Crippen molar-refractivity contribution < 1.29 is 20.4 Å². The maximum absolute atomic E-state index is 10.2. The monoisotopic (exact) mass is 605 g/mol. The zero-order chi connectivity index (χ0) is 28.6. The van der Waals surface area contributed by atoms with Crippen LogP contribution in [0.2, 0.25) is 0 Å². The number of anilines is 1. The van der Waals surface area contributed by atoms with Gasteiger partial charge in [-0.2, -0.15) is 0 Å². The summed E-state index contributed by atoms with van der Waals surface area (Å²) in [6.07, 6.45) is 19.2. The minimum absolute atomic E-state index is 0.108. The van der Waals surface area contributed by atoms with Gasteiger partial charge < -0.3 is 25.3 Å². The molecule has 7 heteroatoms. The van der Waals surface area contributed by atoms with E-state index in [1.54, 1.807) is 0 Å². The van der Waals surface area contributed by atoms with Gasteiger partial charge in [-0.05, 0) is 150 Å². The third kappa shape index (κ3) is 9.36. The lowest BCUT2D eigenvalue weighted by atomic mass is 9.78. The highest BCUT2D eigenvalue weighted by Crippen LogP contribution is 2.46. The second kappa shape index (κ2) is 16.2. The number of aliphatic hydroxyl groups excluding tert-OH is 4. The average Bonchev–Trinajstić information content (AvgIpc) is 3.78. The minimum Gasteiger partial charge on any atom is -0.393 e. The Labute approximate surface area is 252 Å². The minimum atomic E-state index is -0.108. The van der Waals surface area contributed by atoms with E-state index in [9.17, 15) is 20.4 Å². The molecular weight excluding hydrogens is 548 g/mol. The smallest absolute Gasteiger partial charge is 0.0543 e. The molecule has 4 fully saturated rings. The van der Waals surface area contributed by atoms with E-state index < -0.39 is 0 Å². The maximum atomic E-state index is 10.2. The lowest BCUT2D eigenvalue weighted by molar-refractivity contribution is 0.142. The van der Waals surface area contributed by atoms with Crippen molar-refractivity contribution in [2.24, 2.45) is 35.5 Å². The molecule has 10 atom stereocenters. The predicted octanol–water partition coefficient (Wildman–Crippen LogP) is 6.42. The first-order chi connectivity index (χ1) is 20.0. The molecule has 0 bridgehead atoms. The summed E-state index contributed by atoms with van der Waals surface area (Å²) < 4.78 is 0. The maximum Gasteiger partial charge on any atom is 0.0543 e. The van der Waals surface area contributed by atoms with E-state index in [4.69, 9.17) is 0 Å². The highest BCUT2D eigenvalue weighted by atomic mass is 31.1. The number of hydrogen-bond acceptors (Lipinski definition) is 5. The third-order valence-corrected chi connectivity index (χ3v) is 13.7. The van der Waals surface area contributed by atoms with Gasteiger partial charge in [-0.25, -0.2) is 0 Å². The number of aliphatic hydroxyl groups is 4. The van der Waals surface area contributed by atoms with Crippen molar-refractivity contribution in [3.05, 3.63) is 30.3 Å². The van der Waals surface area contributed by atoms with Crippen LogP contribution >= 0.6 is 17.2 Å². The molecule has 0 amide bonds. The van der Waals surface area contributed by atoms with Gasteiger partial charge in [-0.15, -0.1) is 17.2 Å². The molecule has 10 unspecified atom stereocenters. The Morgan fingerprint density at radius 1 is 0.561 bits per heavy atom. The number of rotatable bonds is 15. The van der Waals surface area contributed by atoms with Crippen molar-refractivity contribution in [2.75, 3.05) is 29.8 Å². The van der Waals surface area contributed by atoms with E-state index in [1.165, 1.54) is 56.5 Å². The number of benzene rings is 1. The second-order valence-electron chi connectivity index (χ2n) is 14.0. The van der Waals surface area contributed by atoms with E-state index in [-0.39, 0.29) is 24.4 Å². The summed E-state index contributed by atoms with van der Waals surface area (Å²) in [7, 11) is 1.82. The molecule has 4 aliphatic carbocycles. The van der Waals surface area contributed by atoms with Gasteiger partial charge in [0.05, 0.1) is 24.4 Å². The zero-order valence-corrected chi connectivity index (χ0v) is 27.1. The molecule has 4 aliphatic rings. The lowest BCUT2D eigenvalue weighted by Crippen LogP contribution is -2.24. The van der Waals surface area contributed by atoms with Crippen LogP contribution in [0.5, 0.6) is 0 Å². The van der Waals surface area contributed by atoms with Gasteiger partial charge in [0, 0.05) is 18.3 Å². The van der Waals surface area contributed by atoms with Crippen LogP contribution in [0.4, 0.5) is 5.69 Å². The van der Waals surface area contributed by atoms with Crippen molar-refractivity contribution in [3.8, 4) is 0 Å². The van der Waals surface area contributed by atoms with Gasteiger partial charge in [-0.1, -0.05) is 18.2 Å². The standard InChI is InChI=1S/C34H57NO4P2/c36-29-10-6-24(18-29)33(25-7-11-30(37)19-25)14-16-40-22-35(28-4-2-1-3-5-28)23-41-17-15-34(26-8-12-31(38)20-26)27-9-13-32(39)21-27/h1-5,24-27,29-34,36-41H,6-23H2. The Balaban J connectivity index is 1.11.